The van der Waals surface area contributed by atoms with Crippen molar-refractivity contribution in [3.05, 3.63) is 29.6 Å². The van der Waals surface area contributed by atoms with Gasteiger partial charge < -0.3 is 15.0 Å². The van der Waals surface area contributed by atoms with E-state index in [0.717, 1.165) is 42.8 Å². The number of aromatic nitrogens is 2. The van der Waals surface area contributed by atoms with Gasteiger partial charge in [-0.1, -0.05) is 0 Å². The Labute approximate surface area is 117 Å². The number of imidazole rings is 1. The number of nitrogens with one attached hydrogen (secondary N) is 2. The highest BCUT2D eigenvalue weighted by molar-refractivity contribution is 5.93. The van der Waals surface area contributed by atoms with E-state index in [-0.39, 0.29) is 5.97 Å². The predicted octanol–water partition coefficient (Wildman–Crippen LogP) is 2.21. The molecule has 106 valence electrons. The van der Waals surface area contributed by atoms with Crippen molar-refractivity contribution in [1.82, 2.24) is 15.3 Å². The summed E-state index contributed by atoms with van der Waals surface area (Å²) in [6, 6.07) is 5.47. The van der Waals surface area contributed by atoms with Crippen molar-refractivity contribution in [3.63, 3.8) is 0 Å². The average molecular weight is 273 g/mol. The van der Waals surface area contributed by atoms with Crippen LogP contribution in [-0.4, -0.2) is 35.6 Å². The number of nitrogens with zero attached hydrogens (tertiary/aromatic N) is 1. The van der Waals surface area contributed by atoms with Gasteiger partial charge in [0.05, 0.1) is 23.2 Å². The van der Waals surface area contributed by atoms with Gasteiger partial charge in [-0.3, -0.25) is 0 Å². The van der Waals surface area contributed by atoms with Gasteiger partial charge in [0.2, 0.25) is 0 Å². The Morgan fingerprint density at radius 1 is 1.40 bits per heavy atom. The summed E-state index contributed by atoms with van der Waals surface area (Å²) < 4.78 is 5.02. The third kappa shape index (κ3) is 2.54. The van der Waals surface area contributed by atoms with E-state index in [9.17, 15) is 4.79 Å². The molecule has 2 aromatic rings. The topological polar surface area (TPSA) is 67.0 Å². The van der Waals surface area contributed by atoms with Crippen LogP contribution in [0, 0.1) is 0 Å². The molecule has 20 heavy (non-hydrogen) atoms. The quantitative estimate of drug-likeness (QED) is 0.841. The summed E-state index contributed by atoms with van der Waals surface area (Å²) in [6.07, 6.45) is 2.20. The molecular weight excluding hydrogens is 254 g/mol. The van der Waals surface area contributed by atoms with Gasteiger partial charge in [-0.05, 0) is 51.1 Å². The predicted molar refractivity (Wildman–Crippen MR) is 76.9 cm³/mol. The van der Waals surface area contributed by atoms with E-state index in [4.69, 9.17) is 4.74 Å². The number of carbonyl (C=O) groups excluding carboxylic acids is 1. The molecule has 0 saturated carbocycles. The molecule has 1 aliphatic heterocycles. The lowest BCUT2D eigenvalue weighted by atomic mass is 9.98. The number of fused-ring (bicyclic) bond motifs is 1. The lowest BCUT2D eigenvalue weighted by molar-refractivity contribution is 0.0526. The summed E-state index contributed by atoms with van der Waals surface area (Å²) in [4.78, 5) is 19.7. The Morgan fingerprint density at radius 2 is 2.20 bits per heavy atom. The lowest BCUT2D eigenvalue weighted by Gasteiger charge is -2.20. The number of hydrogen-bond acceptors (Lipinski definition) is 4. The highest BCUT2D eigenvalue weighted by Crippen LogP contribution is 2.25. The molecule has 2 N–H and O–H groups in total. The molecule has 0 unspecified atom stereocenters. The highest BCUT2D eigenvalue weighted by Gasteiger charge is 2.19. The van der Waals surface area contributed by atoms with Crippen LogP contribution in [0.4, 0.5) is 0 Å². The Hall–Kier alpha value is -1.88. The standard InChI is InChI=1S/C15H19N3O2/c1-2-20-15(19)11-3-4-12-13(9-11)18-14(17-12)10-5-7-16-8-6-10/h3-4,9-10,16H,2,5-8H2,1H3,(H,17,18). The van der Waals surface area contributed by atoms with Gasteiger partial charge in [0.15, 0.2) is 0 Å². The summed E-state index contributed by atoms with van der Waals surface area (Å²) in [6.45, 7) is 4.27. The third-order valence-corrected chi connectivity index (χ3v) is 3.74. The number of benzene rings is 1. The first-order valence-corrected chi connectivity index (χ1v) is 7.15. The number of esters is 1. The Morgan fingerprint density at radius 3 is 2.95 bits per heavy atom. The Kier molecular flexibility index (Phi) is 3.69. The van der Waals surface area contributed by atoms with Crippen molar-refractivity contribution in [2.45, 2.75) is 25.7 Å². The number of rotatable bonds is 3. The second kappa shape index (κ2) is 5.63. The first-order chi connectivity index (χ1) is 9.78. The molecule has 1 aromatic carbocycles. The van der Waals surface area contributed by atoms with Crippen molar-refractivity contribution in [2.24, 2.45) is 0 Å². The number of hydrogen-bond donors (Lipinski definition) is 2. The summed E-state index contributed by atoms with van der Waals surface area (Å²) in [5, 5.41) is 3.35. The molecule has 1 aliphatic rings. The Bertz CT molecular complexity index is 615. The normalized spacial score (nSPS) is 16.4. The number of aromatic amines is 1. The minimum Gasteiger partial charge on any atom is -0.462 e. The van der Waals surface area contributed by atoms with Gasteiger partial charge in [-0.2, -0.15) is 0 Å². The molecule has 1 fully saturated rings. The molecular formula is C15H19N3O2. The second-order valence-electron chi connectivity index (χ2n) is 5.10. The van der Waals surface area contributed by atoms with Crippen LogP contribution in [0.1, 0.15) is 41.9 Å². The summed E-state index contributed by atoms with van der Waals surface area (Å²) in [5.41, 5.74) is 2.38. The van der Waals surface area contributed by atoms with E-state index in [1.807, 2.05) is 19.1 Å². The van der Waals surface area contributed by atoms with Crippen LogP contribution in [-0.2, 0) is 4.74 Å². The summed E-state index contributed by atoms with van der Waals surface area (Å²) in [7, 11) is 0. The molecule has 0 bridgehead atoms. The minimum atomic E-state index is -0.285. The zero-order chi connectivity index (χ0) is 13.9. The van der Waals surface area contributed by atoms with Crippen LogP contribution in [0.5, 0.6) is 0 Å². The van der Waals surface area contributed by atoms with E-state index >= 15 is 0 Å². The summed E-state index contributed by atoms with van der Waals surface area (Å²) >= 11 is 0. The zero-order valence-electron chi connectivity index (χ0n) is 11.6. The first kappa shape index (κ1) is 13.1. The van der Waals surface area contributed by atoms with Gasteiger partial charge in [0, 0.05) is 5.92 Å². The molecule has 1 saturated heterocycles. The minimum absolute atomic E-state index is 0.285. The maximum Gasteiger partial charge on any atom is 0.338 e. The molecule has 0 amide bonds. The maximum atomic E-state index is 11.7. The monoisotopic (exact) mass is 273 g/mol. The van der Waals surface area contributed by atoms with Crippen molar-refractivity contribution in [3.8, 4) is 0 Å². The van der Waals surface area contributed by atoms with Crippen molar-refractivity contribution in [2.75, 3.05) is 19.7 Å². The fourth-order valence-corrected chi connectivity index (χ4v) is 2.66. The number of carbonyl (C=O) groups is 1. The molecule has 5 heteroatoms. The lowest BCUT2D eigenvalue weighted by Crippen LogP contribution is -2.27. The fraction of sp³-hybridized carbons (Fsp3) is 0.467. The van der Waals surface area contributed by atoms with Gasteiger partial charge >= 0.3 is 5.97 Å². The SMILES string of the molecule is CCOC(=O)c1ccc2nc(C3CCNCC3)[nH]c2c1. The molecule has 1 aromatic heterocycles. The molecule has 0 aliphatic carbocycles. The number of H-pyrrole nitrogens is 1. The van der Waals surface area contributed by atoms with Crippen molar-refractivity contribution in [1.29, 1.82) is 0 Å². The molecule has 0 spiro atoms. The molecule has 0 radical (unpaired) electrons. The highest BCUT2D eigenvalue weighted by atomic mass is 16.5. The van der Waals surface area contributed by atoms with Gasteiger partial charge in [-0.25, -0.2) is 9.78 Å². The van der Waals surface area contributed by atoms with E-state index in [1.165, 1.54) is 0 Å². The van der Waals surface area contributed by atoms with Crippen LogP contribution < -0.4 is 5.32 Å². The fourth-order valence-electron chi connectivity index (χ4n) is 2.66. The van der Waals surface area contributed by atoms with E-state index in [1.54, 1.807) is 6.07 Å². The second-order valence-corrected chi connectivity index (χ2v) is 5.10. The first-order valence-electron chi connectivity index (χ1n) is 7.15. The van der Waals surface area contributed by atoms with Crippen LogP contribution in [0.15, 0.2) is 18.2 Å². The number of piperidine rings is 1. The Balaban J connectivity index is 1.88. The van der Waals surface area contributed by atoms with Crippen molar-refractivity contribution >= 4 is 17.0 Å². The van der Waals surface area contributed by atoms with Crippen LogP contribution in [0.25, 0.3) is 11.0 Å². The van der Waals surface area contributed by atoms with Gasteiger partial charge in [0.1, 0.15) is 5.82 Å². The van der Waals surface area contributed by atoms with E-state index in [0.29, 0.717) is 18.1 Å². The smallest absolute Gasteiger partial charge is 0.338 e. The molecule has 5 nitrogen and oxygen atoms in total. The maximum absolute atomic E-state index is 11.7. The molecule has 0 atom stereocenters. The van der Waals surface area contributed by atoms with Crippen LogP contribution in [0.2, 0.25) is 0 Å². The third-order valence-electron chi connectivity index (χ3n) is 3.74. The molecule has 3 rings (SSSR count). The van der Waals surface area contributed by atoms with Gasteiger partial charge in [0.25, 0.3) is 0 Å². The average Bonchev–Trinajstić information content (AvgIpc) is 2.91. The largest absolute Gasteiger partial charge is 0.462 e. The van der Waals surface area contributed by atoms with Crippen LogP contribution in [0.3, 0.4) is 0 Å². The van der Waals surface area contributed by atoms with E-state index < -0.39 is 0 Å². The van der Waals surface area contributed by atoms with E-state index in [2.05, 4.69) is 15.3 Å². The zero-order valence-corrected chi connectivity index (χ0v) is 11.6. The van der Waals surface area contributed by atoms with Crippen molar-refractivity contribution < 1.29 is 9.53 Å². The van der Waals surface area contributed by atoms with Gasteiger partial charge in [-0.15, -0.1) is 0 Å². The number of ether oxygens (including phenoxy) is 1. The summed E-state index contributed by atoms with van der Waals surface area (Å²) in [5.74, 6) is 1.23. The van der Waals surface area contributed by atoms with Crippen LogP contribution >= 0.6 is 0 Å². The molecule has 2 heterocycles.